The number of pyridine rings is 1. The summed E-state index contributed by atoms with van der Waals surface area (Å²) in [7, 11) is 0. The van der Waals surface area contributed by atoms with E-state index in [0.717, 1.165) is 4.57 Å². The van der Waals surface area contributed by atoms with Gasteiger partial charge in [0.1, 0.15) is 0 Å². The van der Waals surface area contributed by atoms with Crippen molar-refractivity contribution in [1.82, 2.24) is 4.57 Å². The Kier molecular flexibility index (Phi) is 2.41. The highest BCUT2D eigenvalue weighted by Gasteiger charge is 2.07. The van der Waals surface area contributed by atoms with Crippen LogP contribution in [0.5, 0.6) is 5.88 Å². The Morgan fingerprint density at radius 2 is 2.38 bits per heavy atom. The Hall–Kier alpha value is -1.71. The fourth-order valence-electron chi connectivity index (χ4n) is 1.07. The quantitative estimate of drug-likeness (QED) is 0.656. The zero-order valence-electron chi connectivity index (χ0n) is 7.45. The molecule has 0 aliphatic rings. The molecule has 0 saturated heterocycles. The van der Waals surface area contributed by atoms with Gasteiger partial charge in [0.15, 0.2) is 0 Å². The number of allylic oxidation sites excluding steroid dienone is 1. The summed E-state index contributed by atoms with van der Waals surface area (Å²) in [5.74, 6) is -0.190. The van der Waals surface area contributed by atoms with Crippen LogP contribution in [0.4, 0.5) is 5.69 Å². The molecule has 1 heterocycles. The molecular weight excluding hydrogens is 168 g/mol. The van der Waals surface area contributed by atoms with E-state index in [9.17, 15) is 9.90 Å². The largest absolute Gasteiger partial charge is 0.493 e. The van der Waals surface area contributed by atoms with Crippen molar-refractivity contribution in [3.8, 4) is 5.88 Å². The van der Waals surface area contributed by atoms with Crippen LogP contribution in [0, 0.1) is 6.92 Å². The van der Waals surface area contributed by atoms with Gasteiger partial charge < -0.3 is 10.8 Å². The smallest absolute Gasteiger partial charge is 0.253 e. The number of aromatic nitrogens is 1. The van der Waals surface area contributed by atoms with Crippen molar-refractivity contribution in [1.29, 1.82) is 0 Å². The Balaban J connectivity index is 3.43. The summed E-state index contributed by atoms with van der Waals surface area (Å²) in [6, 6.07) is 1.39. The number of aryl methyl sites for hydroxylation is 1. The van der Waals surface area contributed by atoms with Gasteiger partial charge in [-0.05, 0) is 12.5 Å². The molecule has 3 N–H and O–H groups in total. The van der Waals surface area contributed by atoms with Gasteiger partial charge in [-0.1, -0.05) is 6.08 Å². The van der Waals surface area contributed by atoms with E-state index in [1.54, 1.807) is 6.92 Å². The first-order chi connectivity index (χ1) is 6.07. The van der Waals surface area contributed by atoms with Crippen LogP contribution in [0.25, 0.3) is 0 Å². The summed E-state index contributed by atoms with van der Waals surface area (Å²) in [5, 5.41) is 9.48. The van der Waals surface area contributed by atoms with Crippen LogP contribution < -0.4 is 11.3 Å². The fourth-order valence-corrected chi connectivity index (χ4v) is 1.07. The Morgan fingerprint density at radius 3 is 2.92 bits per heavy atom. The van der Waals surface area contributed by atoms with Crippen molar-refractivity contribution in [2.24, 2.45) is 0 Å². The van der Waals surface area contributed by atoms with Gasteiger partial charge in [-0.25, -0.2) is 0 Å². The molecule has 0 aliphatic carbocycles. The second-order valence-electron chi connectivity index (χ2n) is 2.80. The predicted molar refractivity (Wildman–Crippen MR) is 51.7 cm³/mol. The third kappa shape index (κ3) is 1.56. The van der Waals surface area contributed by atoms with E-state index in [0.29, 0.717) is 5.56 Å². The molecule has 1 aromatic rings. The maximum Gasteiger partial charge on any atom is 0.253 e. The van der Waals surface area contributed by atoms with E-state index in [2.05, 4.69) is 6.58 Å². The second-order valence-corrected chi connectivity index (χ2v) is 2.80. The monoisotopic (exact) mass is 180 g/mol. The molecule has 4 nitrogen and oxygen atoms in total. The van der Waals surface area contributed by atoms with Gasteiger partial charge in [0, 0.05) is 12.6 Å². The number of hydrogen-bond donors (Lipinski definition) is 2. The van der Waals surface area contributed by atoms with E-state index in [1.165, 1.54) is 12.1 Å². The van der Waals surface area contributed by atoms with E-state index in [-0.39, 0.29) is 23.7 Å². The van der Waals surface area contributed by atoms with E-state index < -0.39 is 0 Å². The first-order valence-corrected chi connectivity index (χ1v) is 3.87. The lowest BCUT2D eigenvalue weighted by molar-refractivity contribution is 0.419. The highest BCUT2D eigenvalue weighted by atomic mass is 16.3. The molecule has 0 amide bonds. The molecule has 0 bridgehead atoms. The van der Waals surface area contributed by atoms with Crippen molar-refractivity contribution in [2.45, 2.75) is 13.5 Å². The standard InChI is InChI=1S/C9H12N2O2/c1-3-4-11-7(12)5-6(2)8(10)9(11)13/h3,5,13H,1,4,10H2,2H3. The third-order valence-corrected chi connectivity index (χ3v) is 1.84. The minimum atomic E-state index is -0.274. The highest BCUT2D eigenvalue weighted by Crippen LogP contribution is 2.20. The lowest BCUT2D eigenvalue weighted by atomic mass is 10.2. The molecule has 13 heavy (non-hydrogen) atoms. The van der Waals surface area contributed by atoms with Crippen LogP contribution >= 0.6 is 0 Å². The molecule has 0 atom stereocenters. The van der Waals surface area contributed by atoms with Crippen molar-refractivity contribution >= 4 is 5.69 Å². The fraction of sp³-hybridized carbons (Fsp3) is 0.222. The van der Waals surface area contributed by atoms with Gasteiger partial charge >= 0.3 is 0 Å². The molecule has 0 spiro atoms. The molecule has 70 valence electrons. The van der Waals surface area contributed by atoms with Crippen molar-refractivity contribution < 1.29 is 5.11 Å². The van der Waals surface area contributed by atoms with Crippen LogP contribution in [0.1, 0.15) is 5.56 Å². The van der Waals surface area contributed by atoms with Crippen LogP contribution in [0.2, 0.25) is 0 Å². The third-order valence-electron chi connectivity index (χ3n) is 1.84. The Bertz CT molecular complexity index is 393. The summed E-state index contributed by atoms with van der Waals surface area (Å²) in [5.41, 5.74) is 6.09. The Morgan fingerprint density at radius 1 is 1.77 bits per heavy atom. The van der Waals surface area contributed by atoms with Crippen LogP contribution in [0.15, 0.2) is 23.5 Å². The molecule has 0 aromatic carbocycles. The predicted octanol–water partition coefficient (Wildman–Crippen LogP) is 0.631. The van der Waals surface area contributed by atoms with Crippen molar-refractivity contribution in [3.63, 3.8) is 0 Å². The highest BCUT2D eigenvalue weighted by molar-refractivity contribution is 5.53. The first kappa shape index (κ1) is 9.38. The van der Waals surface area contributed by atoms with Gasteiger partial charge in [-0.15, -0.1) is 6.58 Å². The van der Waals surface area contributed by atoms with E-state index in [1.807, 2.05) is 0 Å². The minimum absolute atomic E-state index is 0.190. The minimum Gasteiger partial charge on any atom is -0.493 e. The zero-order valence-corrected chi connectivity index (χ0v) is 7.45. The lowest BCUT2D eigenvalue weighted by Gasteiger charge is -2.09. The summed E-state index contributed by atoms with van der Waals surface area (Å²) < 4.78 is 1.16. The summed E-state index contributed by atoms with van der Waals surface area (Å²) in [6.07, 6.45) is 1.52. The lowest BCUT2D eigenvalue weighted by Crippen LogP contribution is -2.20. The first-order valence-electron chi connectivity index (χ1n) is 3.87. The van der Waals surface area contributed by atoms with Crippen LogP contribution in [-0.4, -0.2) is 9.67 Å². The number of nitrogens with zero attached hydrogens (tertiary/aromatic N) is 1. The topological polar surface area (TPSA) is 68.2 Å². The number of rotatable bonds is 2. The van der Waals surface area contributed by atoms with E-state index in [4.69, 9.17) is 5.73 Å². The zero-order chi connectivity index (χ0) is 10.0. The molecule has 0 unspecified atom stereocenters. The van der Waals surface area contributed by atoms with Gasteiger partial charge in [-0.3, -0.25) is 9.36 Å². The van der Waals surface area contributed by atoms with Crippen LogP contribution in [0.3, 0.4) is 0 Å². The molecule has 0 aliphatic heterocycles. The van der Waals surface area contributed by atoms with Gasteiger partial charge in [0.05, 0.1) is 5.69 Å². The maximum atomic E-state index is 11.3. The SMILES string of the molecule is C=CCn1c(O)c(N)c(C)cc1=O. The van der Waals surface area contributed by atoms with Crippen molar-refractivity contribution in [3.05, 3.63) is 34.6 Å². The number of nitrogen functional groups attached to an aromatic ring is 1. The summed E-state index contributed by atoms with van der Waals surface area (Å²) in [4.78, 5) is 11.3. The number of anilines is 1. The summed E-state index contributed by atoms with van der Waals surface area (Å²) in [6.45, 7) is 5.41. The molecular formula is C9H12N2O2. The van der Waals surface area contributed by atoms with E-state index >= 15 is 0 Å². The normalized spacial score (nSPS) is 9.92. The number of nitrogens with two attached hydrogens (primary N) is 1. The van der Waals surface area contributed by atoms with Gasteiger partial charge in [0.25, 0.3) is 5.56 Å². The molecule has 4 heteroatoms. The van der Waals surface area contributed by atoms with Crippen molar-refractivity contribution in [2.75, 3.05) is 5.73 Å². The number of hydrogen-bond acceptors (Lipinski definition) is 3. The maximum absolute atomic E-state index is 11.3. The molecule has 0 fully saturated rings. The molecule has 0 radical (unpaired) electrons. The molecule has 0 saturated carbocycles. The number of aromatic hydroxyl groups is 1. The van der Waals surface area contributed by atoms with Gasteiger partial charge in [-0.2, -0.15) is 0 Å². The molecule has 1 aromatic heterocycles. The average Bonchev–Trinajstić information content (AvgIpc) is 2.09. The Labute approximate surface area is 75.9 Å². The average molecular weight is 180 g/mol. The molecule has 1 rings (SSSR count). The van der Waals surface area contributed by atoms with Crippen LogP contribution in [-0.2, 0) is 6.54 Å². The second kappa shape index (κ2) is 3.35. The summed E-state index contributed by atoms with van der Waals surface area (Å²) >= 11 is 0. The van der Waals surface area contributed by atoms with Gasteiger partial charge in [0.2, 0.25) is 5.88 Å².